The molecule has 2 rings (SSSR count). The molecule has 111 valence electrons. The fourth-order valence-corrected chi connectivity index (χ4v) is 3.30. The Bertz CT molecular complexity index is 832. The summed E-state index contributed by atoms with van der Waals surface area (Å²) in [5.74, 6) is -0.0903. The van der Waals surface area contributed by atoms with Gasteiger partial charge in [0.1, 0.15) is 0 Å². The van der Waals surface area contributed by atoms with Gasteiger partial charge in [0.05, 0.1) is 0 Å². The molecule has 0 spiro atoms. The van der Waals surface area contributed by atoms with Gasteiger partial charge in [-0.15, -0.1) is 0 Å². The van der Waals surface area contributed by atoms with Crippen LogP contribution >= 0.6 is 0 Å². The van der Waals surface area contributed by atoms with Crippen LogP contribution in [0.4, 0.5) is 11.4 Å². The van der Waals surface area contributed by atoms with Gasteiger partial charge in [0.15, 0.2) is 0 Å². The van der Waals surface area contributed by atoms with Crippen molar-refractivity contribution in [2.75, 3.05) is 26.0 Å². The molecule has 6 nitrogen and oxygen atoms in total. The van der Waals surface area contributed by atoms with Gasteiger partial charge in [-0.1, -0.05) is 0 Å². The number of hydrogen-bond acceptors (Lipinski definition) is 6. The van der Waals surface area contributed by atoms with E-state index in [1.165, 1.54) is 12.1 Å². The SMILES string of the molecule is C/N=N/c1c(N(C)C)ccc2c(O)cc([S](=O)(=O)[Mo])cc12. The molecular formula is C13H14MoN3O3S. The first-order valence-corrected chi connectivity index (χ1v) is 9.85. The third-order valence-electron chi connectivity index (χ3n) is 3.01. The normalized spacial score (nSPS) is 12.1. The van der Waals surface area contributed by atoms with E-state index in [1.54, 1.807) is 13.1 Å². The number of fused-ring (bicyclic) bond motifs is 1. The van der Waals surface area contributed by atoms with E-state index in [1.807, 2.05) is 25.1 Å². The molecule has 8 heteroatoms. The summed E-state index contributed by atoms with van der Waals surface area (Å²) in [5, 5.41) is 19.1. The molecule has 0 aromatic heterocycles. The number of benzene rings is 2. The van der Waals surface area contributed by atoms with Gasteiger partial charge in [-0.05, 0) is 0 Å². The number of rotatable bonds is 3. The Hall–Kier alpha value is -1.46. The molecule has 2 aromatic rings. The molecule has 0 amide bonds. The Morgan fingerprint density at radius 2 is 1.86 bits per heavy atom. The predicted octanol–water partition coefficient (Wildman–Crippen LogP) is 2.56. The predicted molar refractivity (Wildman–Crippen MR) is 77.6 cm³/mol. The van der Waals surface area contributed by atoms with E-state index in [0.29, 0.717) is 16.5 Å². The number of aromatic hydroxyl groups is 1. The molecule has 0 fully saturated rings. The molecule has 0 saturated carbocycles. The van der Waals surface area contributed by atoms with Crippen molar-refractivity contribution in [2.24, 2.45) is 10.2 Å². The summed E-state index contributed by atoms with van der Waals surface area (Å²) in [6.07, 6.45) is 0. The molecule has 1 N–H and O–H groups in total. The molecule has 0 atom stereocenters. The summed E-state index contributed by atoms with van der Waals surface area (Å²) in [6, 6.07) is 6.32. The molecule has 0 radical (unpaired) electrons. The number of nitrogens with zero attached hydrogens (tertiary/aromatic N) is 3. The van der Waals surface area contributed by atoms with Gasteiger partial charge in [-0.3, -0.25) is 0 Å². The topological polar surface area (TPSA) is 82.3 Å². The molecule has 0 heterocycles. The van der Waals surface area contributed by atoms with Gasteiger partial charge in [0.2, 0.25) is 0 Å². The summed E-state index contributed by atoms with van der Waals surface area (Å²) in [5.41, 5.74) is 1.32. The van der Waals surface area contributed by atoms with Crippen molar-refractivity contribution in [3.63, 3.8) is 0 Å². The third-order valence-corrected chi connectivity index (χ3v) is 5.24. The Balaban J connectivity index is 2.96. The van der Waals surface area contributed by atoms with Gasteiger partial charge in [-0.2, -0.15) is 0 Å². The molecule has 0 aliphatic rings. The average molecular weight is 388 g/mol. The van der Waals surface area contributed by atoms with Crippen molar-refractivity contribution in [3.05, 3.63) is 24.3 Å². The number of azo groups is 1. The van der Waals surface area contributed by atoms with E-state index in [4.69, 9.17) is 0 Å². The Morgan fingerprint density at radius 1 is 1.19 bits per heavy atom. The number of anilines is 1. The minimum absolute atomic E-state index is 0.0563. The third kappa shape index (κ3) is 3.09. The van der Waals surface area contributed by atoms with Crippen molar-refractivity contribution in [2.45, 2.75) is 4.90 Å². The summed E-state index contributed by atoms with van der Waals surface area (Å²) in [7, 11) is 1.84. The van der Waals surface area contributed by atoms with E-state index in [0.717, 1.165) is 24.2 Å². The fraction of sp³-hybridized carbons (Fsp3) is 0.231. The molecule has 2 aromatic carbocycles. The second-order valence-corrected chi connectivity index (χ2v) is 9.24. The molecule has 0 saturated heterocycles. The first-order chi connectivity index (χ1) is 9.75. The van der Waals surface area contributed by atoms with Crippen LogP contribution in [0.5, 0.6) is 5.75 Å². The number of phenolic OH excluding ortho intramolecular Hbond substituents is 1. The zero-order valence-electron chi connectivity index (χ0n) is 11.7. The molecule has 0 bridgehead atoms. The van der Waals surface area contributed by atoms with Crippen molar-refractivity contribution in [3.8, 4) is 5.75 Å². The van der Waals surface area contributed by atoms with Crippen molar-refractivity contribution in [1.82, 2.24) is 0 Å². The molecular weight excluding hydrogens is 374 g/mol. The van der Waals surface area contributed by atoms with E-state index >= 15 is 0 Å². The maximum absolute atomic E-state index is 11.7. The van der Waals surface area contributed by atoms with E-state index in [-0.39, 0.29) is 10.6 Å². The van der Waals surface area contributed by atoms with Crippen LogP contribution in [0.25, 0.3) is 10.8 Å². The van der Waals surface area contributed by atoms with Crippen LogP contribution in [0.15, 0.2) is 39.4 Å². The zero-order chi connectivity index (χ0) is 15.8. The van der Waals surface area contributed by atoms with Crippen LogP contribution < -0.4 is 4.90 Å². The van der Waals surface area contributed by atoms with Gasteiger partial charge in [-0.25, -0.2) is 0 Å². The van der Waals surface area contributed by atoms with Crippen LogP contribution in [0.1, 0.15) is 0 Å². The van der Waals surface area contributed by atoms with Crippen LogP contribution in [-0.4, -0.2) is 34.7 Å². The van der Waals surface area contributed by atoms with Crippen LogP contribution in [0.2, 0.25) is 0 Å². The Morgan fingerprint density at radius 3 is 2.38 bits per heavy atom. The standard InChI is InChI=1S/C13H14N3O3S.Mo/c1-14-15-13-10-6-8(20(18)19)7-12(17)9(10)4-5-11(13)16(2)3;/h4-7,17H,1-3H3;/b15-14+;. The first-order valence-electron chi connectivity index (χ1n) is 5.98. The Kier molecular flexibility index (Phi) is 4.35. The Labute approximate surface area is 133 Å². The quantitative estimate of drug-likeness (QED) is 0.647. The van der Waals surface area contributed by atoms with Crippen molar-refractivity contribution < 1.29 is 32.1 Å². The summed E-state index contributed by atoms with van der Waals surface area (Å²) < 4.78 is 23.5. The van der Waals surface area contributed by atoms with Gasteiger partial charge in [0, 0.05) is 0 Å². The van der Waals surface area contributed by atoms with Crippen molar-refractivity contribution in [1.29, 1.82) is 0 Å². The zero-order valence-corrected chi connectivity index (χ0v) is 14.6. The maximum atomic E-state index is 11.7. The second kappa shape index (κ2) is 5.73. The van der Waals surface area contributed by atoms with E-state index in [9.17, 15) is 13.5 Å². The summed E-state index contributed by atoms with van der Waals surface area (Å²) >= 11 is 1.02. The molecule has 0 unspecified atom stereocenters. The first kappa shape index (κ1) is 15.9. The summed E-state index contributed by atoms with van der Waals surface area (Å²) in [6.45, 7) is 0. The number of phenols is 1. The monoisotopic (exact) mass is 390 g/mol. The summed E-state index contributed by atoms with van der Waals surface area (Å²) in [4.78, 5) is 1.91. The van der Waals surface area contributed by atoms with Crippen LogP contribution in [0, 0.1) is 0 Å². The van der Waals surface area contributed by atoms with E-state index < -0.39 is 7.54 Å². The second-order valence-electron chi connectivity index (χ2n) is 4.62. The fourth-order valence-electron chi connectivity index (χ4n) is 2.07. The van der Waals surface area contributed by atoms with Gasteiger partial charge in [0.25, 0.3) is 0 Å². The van der Waals surface area contributed by atoms with Crippen LogP contribution in [0.3, 0.4) is 0 Å². The number of hydrogen-bond donors (Lipinski definition) is 1. The minimum atomic E-state index is -3.42. The molecule has 0 aliphatic carbocycles. The molecule has 0 aliphatic heterocycles. The van der Waals surface area contributed by atoms with Gasteiger partial charge >= 0.3 is 133 Å². The molecule has 21 heavy (non-hydrogen) atoms. The van der Waals surface area contributed by atoms with Crippen molar-refractivity contribution >= 4 is 29.7 Å². The van der Waals surface area contributed by atoms with Crippen LogP contribution in [-0.2, 0) is 26.1 Å². The average Bonchev–Trinajstić information content (AvgIpc) is 2.38. The van der Waals surface area contributed by atoms with Gasteiger partial charge < -0.3 is 0 Å². The van der Waals surface area contributed by atoms with E-state index in [2.05, 4.69) is 10.2 Å².